The molecule has 1 amide bonds. The summed E-state index contributed by atoms with van der Waals surface area (Å²) < 4.78 is 19.0. The number of nitrogens with two attached hydrogens (primary N) is 2. The molecule has 0 radical (unpaired) electrons. The standard InChI is InChI=1S/C26H29FN8O2/c1-3-17(8-9-28)33-25-22(24(30)31-13-32-25)23(29)14-4-6-19(21(12-14)37-2)35-26(36)20-11-15-10-16(27)5-7-18(15)34-20/h4-7,10-13,17,29,34H,3,8-9,28H2,1-2H3,(H,35,36)(H3,30,31,32,33). The number of hydrogen-bond donors (Lipinski definition) is 6. The number of carbonyl (C=O) groups is 1. The minimum absolute atomic E-state index is 0.0686. The van der Waals surface area contributed by atoms with Crippen molar-refractivity contribution in [2.24, 2.45) is 5.73 Å². The highest BCUT2D eigenvalue weighted by molar-refractivity contribution is 6.16. The highest BCUT2D eigenvalue weighted by Crippen LogP contribution is 2.30. The van der Waals surface area contributed by atoms with Crippen molar-refractivity contribution >= 4 is 39.8 Å². The Labute approximate surface area is 213 Å². The van der Waals surface area contributed by atoms with Crippen LogP contribution in [0.25, 0.3) is 10.9 Å². The second-order valence-corrected chi connectivity index (χ2v) is 8.47. The molecule has 2 heterocycles. The fourth-order valence-electron chi connectivity index (χ4n) is 4.04. The normalized spacial score (nSPS) is 11.8. The van der Waals surface area contributed by atoms with Gasteiger partial charge in [0, 0.05) is 22.5 Å². The molecule has 0 bridgehead atoms. The van der Waals surface area contributed by atoms with E-state index in [1.54, 1.807) is 30.3 Å². The van der Waals surface area contributed by atoms with Gasteiger partial charge in [-0.15, -0.1) is 0 Å². The topological polar surface area (TPSA) is 168 Å². The summed E-state index contributed by atoms with van der Waals surface area (Å²) in [6.07, 6.45) is 2.91. The lowest BCUT2D eigenvalue weighted by Gasteiger charge is -2.20. The molecular weight excluding hydrogens is 475 g/mol. The van der Waals surface area contributed by atoms with Crippen molar-refractivity contribution < 1.29 is 13.9 Å². The van der Waals surface area contributed by atoms with Crippen molar-refractivity contribution in [3.63, 3.8) is 0 Å². The monoisotopic (exact) mass is 504 g/mol. The van der Waals surface area contributed by atoms with Crippen molar-refractivity contribution in [1.82, 2.24) is 15.0 Å². The summed E-state index contributed by atoms with van der Waals surface area (Å²) in [5, 5.41) is 15.6. The molecule has 0 saturated heterocycles. The molecule has 10 nitrogen and oxygen atoms in total. The van der Waals surface area contributed by atoms with Crippen LogP contribution in [0.15, 0.2) is 48.8 Å². The maximum Gasteiger partial charge on any atom is 0.272 e. The van der Waals surface area contributed by atoms with Crippen LogP contribution in [0.1, 0.15) is 41.4 Å². The van der Waals surface area contributed by atoms with Crippen LogP contribution in [0, 0.1) is 11.2 Å². The highest BCUT2D eigenvalue weighted by Gasteiger charge is 2.20. The molecule has 0 aliphatic carbocycles. The molecule has 0 fully saturated rings. The number of rotatable bonds is 10. The number of hydrogen-bond acceptors (Lipinski definition) is 8. The van der Waals surface area contributed by atoms with Gasteiger partial charge in [-0.25, -0.2) is 14.4 Å². The first-order valence-electron chi connectivity index (χ1n) is 11.8. The zero-order valence-electron chi connectivity index (χ0n) is 20.6. The third-order valence-electron chi connectivity index (χ3n) is 6.04. The summed E-state index contributed by atoms with van der Waals surface area (Å²) in [5.41, 5.74) is 14.1. The summed E-state index contributed by atoms with van der Waals surface area (Å²) in [6.45, 7) is 2.55. The molecule has 11 heteroatoms. The zero-order chi connectivity index (χ0) is 26.5. The molecule has 0 aliphatic rings. The number of aromatic amines is 1. The SMILES string of the molecule is CCC(CCN)Nc1ncnc(N)c1C(=N)c1ccc(NC(=O)c2cc3cc(F)ccc3[nH]2)c(OC)c1. The Hall–Kier alpha value is -4.51. The second-order valence-electron chi connectivity index (χ2n) is 8.47. The summed E-state index contributed by atoms with van der Waals surface area (Å²) >= 11 is 0. The Balaban J connectivity index is 1.60. The fraction of sp³-hybridized carbons (Fsp3) is 0.231. The maximum atomic E-state index is 13.5. The first-order valence-corrected chi connectivity index (χ1v) is 11.8. The Morgan fingerprint density at radius 3 is 2.76 bits per heavy atom. The van der Waals surface area contributed by atoms with E-state index in [4.69, 9.17) is 21.6 Å². The molecule has 0 saturated carbocycles. The number of carbonyl (C=O) groups excluding carboxylic acids is 1. The fourth-order valence-corrected chi connectivity index (χ4v) is 4.04. The molecule has 1 atom stereocenters. The van der Waals surface area contributed by atoms with Gasteiger partial charge < -0.3 is 31.8 Å². The van der Waals surface area contributed by atoms with Crippen LogP contribution in [0.3, 0.4) is 0 Å². The number of aromatic nitrogens is 3. The quantitative estimate of drug-likeness (QED) is 0.178. The molecule has 0 spiro atoms. The van der Waals surface area contributed by atoms with Gasteiger partial charge in [-0.05, 0) is 55.8 Å². The third-order valence-corrected chi connectivity index (χ3v) is 6.04. The summed E-state index contributed by atoms with van der Waals surface area (Å²) in [4.78, 5) is 24.2. The van der Waals surface area contributed by atoms with Gasteiger partial charge in [0.2, 0.25) is 0 Å². The summed E-state index contributed by atoms with van der Waals surface area (Å²) in [6, 6.07) is 10.8. The van der Waals surface area contributed by atoms with Crippen LogP contribution >= 0.6 is 0 Å². The predicted octanol–water partition coefficient (Wildman–Crippen LogP) is 3.90. The average Bonchev–Trinajstić information content (AvgIpc) is 3.32. The van der Waals surface area contributed by atoms with Crippen molar-refractivity contribution in [2.45, 2.75) is 25.8 Å². The molecule has 1 unspecified atom stereocenters. The number of H-pyrrole nitrogens is 1. The number of ether oxygens (including phenoxy) is 1. The van der Waals surface area contributed by atoms with E-state index in [9.17, 15) is 9.18 Å². The van der Waals surface area contributed by atoms with Crippen molar-refractivity contribution in [2.75, 3.05) is 30.0 Å². The van der Waals surface area contributed by atoms with Gasteiger partial charge in [0.1, 0.15) is 35.2 Å². The number of benzene rings is 2. The first kappa shape index (κ1) is 25.6. The molecular formula is C26H29FN8O2. The molecule has 8 N–H and O–H groups in total. The maximum absolute atomic E-state index is 13.5. The van der Waals surface area contributed by atoms with Crippen LogP contribution in [-0.2, 0) is 0 Å². The van der Waals surface area contributed by atoms with Gasteiger partial charge in [-0.2, -0.15) is 0 Å². The largest absolute Gasteiger partial charge is 0.495 e. The van der Waals surface area contributed by atoms with Crippen LogP contribution in [-0.4, -0.2) is 46.3 Å². The van der Waals surface area contributed by atoms with Crippen LogP contribution in [0.5, 0.6) is 5.75 Å². The minimum atomic E-state index is -0.421. The number of halogens is 1. The second kappa shape index (κ2) is 11.0. The molecule has 0 aliphatic heterocycles. The third kappa shape index (κ3) is 5.51. The molecule has 4 rings (SSSR count). The lowest BCUT2D eigenvalue weighted by atomic mass is 10.0. The van der Waals surface area contributed by atoms with Crippen molar-refractivity contribution in [3.05, 3.63) is 71.4 Å². The highest BCUT2D eigenvalue weighted by atomic mass is 19.1. The molecule has 4 aromatic rings. The van der Waals surface area contributed by atoms with Crippen LogP contribution in [0.2, 0.25) is 0 Å². The van der Waals surface area contributed by atoms with Gasteiger partial charge in [-0.3, -0.25) is 10.2 Å². The van der Waals surface area contributed by atoms with Gasteiger partial charge in [0.15, 0.2) is 0 Å². The van der Waals surface area contributed by atoms with E-state index in [2.05, 4.69) is 25.6 Å². The number of anilines is 3. The van der Waals surface area contributed by atoms with E-state index < -0.39 is 5.91 Å². The first-order chi connectivity index (χ1) is 17.8. The number of methoxy groups -OCH3 is 1. The number of nitrogen functional groups attached to an aromatic ring is 1. The molecule has 2 aromatic heterocycles. The predicted molar refractivity (Wildman–Crippen MR) is 143 cm³/mol. The van der Waals surface area contributed by atoms with E-state index in [0.717, 1.165) is 12.8 Å². The van der Waals surface area contributed by atoms with Crippen LogP contribution < -0.4 is 26.8 Å². The van der Waals surface area contributed by atoms with Crippen molar-refractivity contribution in [3.8, 4) is 5.75 Å². The zero-order valence-corrected chi connectivity index (χ0v) is 20.6. The number of fused-ring (bicyclic) bond motifs is 1. The summed E-state index contributed by atoms with van der Waals surface area (Å²) in [7, 11) is 1.47. The van der Waals surface area contributed by atoms with Gasteiger partial charge in [-0.1, -0.05) is 13.0 Å². The molecule has 192 valence electrons. The summed E-state index contributed by atoms with van der Waals surface area (Å²) in [5.74, 6) is 0.152. The number of nitrogens with zero attached hydrogens (tertiary/aromatic N) is 2. The van der Waals surface area contributed by atoms with Gasteiger partial charge in [0.25, 0.3) is 5.91 Å². The van der Waals surface area contributed by atoms with E-state index in [1.807, 2.05) is 6.92 Å². The Kier molecular flexibility index (Phi) is 7.63. The number of nitrogens with one attached hydrogen (secondary N) is 4. The Bertz CT molecular complexity index is 1450. The van der Waals surface area contributed by atoms with E-state index in [-0.39, 0.29) is 29.1 Å². The Morgan fingerprint density at radius 2 is 2.03 bits per heavy atom. The van der Waals surface area contributed by atoms with Gasteiger partial charge >= 0.3 is 0 Å². The lowest BCUT2D eigenvalue weighted by Crippen LogP contribution is -2.25. The minimum Gasteiger partial charge on any atom is -0.495 e. The Morgan fingerprint density at radius 1 is 1.22 bits per heavy atom. The van der Waals surface area contributed by atoms with Crippen LogP contribution in [0.4, 0.5) is 21.7 Å². The average molecular weight is 505 g/mol. The van der Waals surface area contributed by atoms with E-state index in [1.165, 1.54) is 25.6 Å². The van der Waals surface area contributed by atoms with E-state index >= 15 is 0 Å². The molecule has 37 heavy (non-hydrogen) atoms. The lowest BCUT2D eigenvalue weighted by molar-refractivity contribution is 0.102. The smallest absolute Gasteiger partial charge is 0.272 e. The molecule has 2 aromatic carbocycles. The van der Waals surface area contributed by atoms with Gasteiger partial charge in [0.05, 0.1) is 24.1 Å². The van der Waals surface area contributed by atoms with Crippen molar-refractivity contribution in [1.29, 1.82) is 5.41 Å². The number of amides is 1. The van der Waals surface area contributed by atoms with E-state index in [0.29, 0.717) is 45.8 Å².